The lowest BCUT2D eigenvalue weighted by Gasteiger charge is -2.55. The van der Waals surface area contributed by atoms with Gasteiger partial charge in [0.15, 0.2) is 0 Å². The van der Waals surface area contributed by atoms with Gasteiger partial charge in [0, 0.05) is 24.5 Å². The molecule has 1 saturated heterocycles. The van der Waals surface area contributed by atoms with Crippen LogP contribution in [0.4, 0.5) is 0 Å². The van der Waals surface area contributed by atoms with Gasteiger partial charge in [0.05, 0.1) is 6.07 Å². The molecule has 96 valence electrons. The first-order chi connectivity index (χ1) is 8.06. The molecule has 1 heterocycles. The smallest absolute Gasteiger partial charge is 0.0635 e. The molecular formula is C15H26N2. The molecule has 0 aromatic heterocycles. The van der Waals surface area contributed by atoms with Crippen LogP contribution in [-0.4, -0.2) is 23.0 Å². The molecule has 2 nitrogen and oxygen atoms in total. The second kappa shape index (κ2) is 4.98. The summed E-state index contributed by atoms with van der Waals surface area (Å²) in [5.74, 6) is 1.74. The van der Waals surface area contributed by atoms with E-state index in [0.29, 0.717) is 6.42 Å². The van der Waals surface area contributed by atoms with Gasteiger partial charge in [0.1, 0.15) is 0 Å². The van der Waals surface area contributed by atoms with Gasteiger partial charge < -0.3 is 0 Å². The Morgan fingerprint density at radius 2 is 2.00 bits per heavy atom. The van der Waals surface area contributed by atoms with Gasteiger partial charge in [-0.15, -0.1) is 0 Å². The Hall–Kier alpha value is -0.550. The molecule has 3 atom stereocenters. The second-order valence-electron chi connectivity index (χ2n) is 6.61. The first kappa shape index (κ1) is 12.9. The van der Waals surface area contributed by atoms with Gasteiger partial charge in [-0.1, -0.05) is 19.8 Å². The molecule has 0 amide bonds. The maximum absolute atomic E-state index is 8.84. The molecule has 17 heavy (non-hydrogen) atoms. The summed E-state index contributed by atoms with van der Waals surface area (Å²) in [5.41, 5.74) is 0.286. The lowest BCUT2D eigenvalue weighted by molar-refractivity contribution is -0.0568. The fourth-order valence-corrected chi connectivity index (χ4v) is 4.34. The van der Waals surface area contributed by atoms with Crippen LogP contribution in [-0.2, 0) is 0 Å². The summed E-state index contributed by atoms with van der Waals surface area (Å²) in [4.78, 5) is 2.65. The number of fused-ring (bicyclic) bond motifs is 1. The minimum atomic E-state index is 0.286. The molecule has 1 aliphatic heterocycles. The quantitative estimate of drug-likeness (QED) is 0.730. The summed E-state index contributed by atoms with van der Waals surface area (Å²) in [5, 5.41) is 8.84. The number of nitriles is 1. The monoisotopic (exact) mass is 234 g/mol. The van der Waals surface area contributed by atoms with Crippen LogP contribution in [0, 0.1) is 23.2 Å². The summed E-state index contributed by atoms with van der Waals surface area (Å²) in [6.07, 6.45) is 7.53. The highest BCUT2D eigenvalue weighted by Gasteiger charge is 2.45. The number of hydrogen-bond acceptors (Lipinski definition) is 2. The zero-order valence-corrected chi connectivity index (χ0v) is 11.6. The number of likely N-dealkylation sites (tertiary alicyclic amines) is 1. The predicted molar refractivity (Wildman–Crippen MR) is 70.5 cm³/mol. The van der Waals surface area contributed by atoms with Crippen molar-refractivity contribution >= 4 is 0 Å². The Morgan fingerprint density at radius 1 is 1.29 bits per heavy atom. The molecule has 0 aromatic carbocycles. The van der Waals surface area contributed by atoms with Gasteiger partial charge in [0.25, 0.3) is 0 Å². The average Bonchev–Trinajstić information content (AvgIpc) is 2.28. The molecule has 2 heteroatoms. The summed E-state index contributed by atoms with van der Waals surface area (Å²) in [6.45, 7) is 8.14. The van der Waals surface area contributed by atoms with Crippen molar-refractivity contribution in [1.29, 1.82) is 5.26 Å². The van der Waals surface area contributed by atoms with Crippen LogP contribution in [0.1, 0.15) is 59.3 Å². The number of nitrogens with zero attached hydrogens (tertiary/aromatic N) is 2. The van der Waals surface area contributed by atoms with E-state index >= 15 is 0 Å². The van der Waals surface area contributed by atoms with Gasteiger partial charge in [-0.05, 0) is 44.9 Å². The molecule has 2 fully saturated rings. The Bertz CT molecular complexity index is 303. The lowest BCUT2D eigenvalue weighted by Crippen LogP contribution is -2.60. The fourth-order valence-electron chi connectivity index (χ4n) is 4.34. The second-order valence-corrected chi connectivity index (χ2v) is 6.61. The topological polar surface area (TPSA) is 27.0 Å². The van der Waals surface area contributed by atoms with Crippen LogP contribution in [0.15, 0.2) is 0 Å². The normalized spacial score (nSPS) is 37.2. The largest absolute Gasteiger partial charge is 0.294 e. The maximum atomic E-state index is 8.84. The summed E-state index contributed by atoms with van der Waals surface area (Å²) in [7, 11) is 0. The molecule has 0 spiro atoms. The van der Waals surface area contributed by atoms with Crippen LogP contribution in [0.25, 0.3) is 0 Å². The highest BCUT2D eigenvalue weighted by molar-refractivity contribution is 5.00. The van der Waals surface area contributed by atoms with Crippen LogP contribution < -0.4 is 0 Å². The molecule has 0 radical (unpaired) electrons. The van der Waals surface area contributed by atoms with E-state index in [-0.39, 0.29) is 5.54 Å². The molecule has 0 N–H and O–H groups in total. The van der Waals surface area contributed by atoms with Crippen LogP contribution in [0.5, 0.6) is 0 Å². The number of rotatable bonds is 2. The van der Waals surface area contributed by atoms with Crippen molar-refractivity contribution in [2.24, 2.45) is 11.8 Å². The van der Waals surface area contributed by atoms with Crippen LogP contribution in [0.2, 0.25) is 0 Å². The summed E-state index contributed by atoms with van der Waals surface area (Å²) in [6, 6.07) is 3.06. The summed E-state index contributed by atoms with van der Waals surface area (Å²) >= 11 is 0. The third-order valence-electron chi connectivity index (χ3n) is 4.98. The maximum Gasteiger partial charge on any atom is 0.0635 e. The highest BCUT2D eigenvalue weighted by Crippen LogP contribution is 2.45. The Kier molecular flexibility index (Phi) is 3.78. The van der Waals surface area contributed by atoms with Crippen LogP contribution >= 0.6 is 0 Å². The SMILES string of the molecule is CC1CC(C)(C)N(CCC#N)C2CCCCC12. The number of piperidine rings is 1. The predicted octanol–water partition coefficient (Wildman–Crippen LogP) is 3.58. The standard InChI is InChI=1S/C15H26N2/c1-12-11-15(2,3)17(10-6-9-16)14-8-5-4-7-13(12)14/h12-14H,4-8,10-11H2,1-3H3. The molecule has 1 saturated carbocycles. The van der Waals surface area contributed by atoms with E-state index in [9.17, 15) is 0 Å². The van der Waals surface area contributed by atoms with E-state index < -0.39 is 0 Å². The zero-order chi connectivity index (χ0) is 12.5. The van der Waals surface area contributed by atoms with Crippen molar-refractivity contribution in [3.05, 3.63) is 0 Å². The van der Waals surface area contributed by atoms with Gasteiger partial charge >= 0.3 is 0 Å². The molecular weight excluding hydrogens is 208 g/mol. The first-order valence-electron chi connectivity index (χ1n) is 7.20. The Labute approximate surface area is 106 Å². The number of hydrogen-bond donors (Lipinski definition) is 0. The van der Waals surface area contributed by atoms with E-state index in [2.05, 4.69) is 31.7 Å². The van der Waals surface area contributed by atoms with Crippen molar-refractivity contribution in [2.45, 2.75) is 70.9 Å². The Balaban J connectivity index is 2.16. The first-order valence-corrected chi connectivity index (χ1v) is 7.20. The fraction of sp³-hybridized carbons (Fsp3) is 0.933. The lowest BCUT2D eigenvalue weighted by atomic mass is 9.67. The van der Waals surface area contributed by atoms with Crippen molar-refractivity contribution in [2.75, 3.05) is 6.54 Å². The molecule has 2 aliphatic rings. The molecule has 0 aromatic rings. The third kappa shape index (κ3) is 2.50. The van der Waals surface area contributed by atoms with Gasteiger partial charge in [0.2, 0.25) is 0 Å². The zero-order valence-electron chi connectivity index (χ0n) is 11.6. The van der Waals surface area contributed by atoms with Crippen molar-refractivity contribution in [1.82, 2.24) is 4.90 Å². The molecule has 1 aliphatic carbocycles. The minimum absolute atomic E-state index is 0.286. The van der Waals surface area contributed by atoms with E-state index in [1.807, 2.05) is 0 Å². The van der Waals surface area contributed by atoms with E-state index in [4.69, 9.17) is 5.26 Å². The minimum Gasteiger partial charge on any atom is -0.294 e. The Morgan fingerprint density at radius 3 is 2.71 bits per heavy atom. The molecule has 0 bridgehead atoms. The van der Waals surface area contributed by atoms with Crippen molar-refractivity contribution < 1.29 is 0 Å². The van der Waals surface area contributed by atoms with E-state index in [1.165, 1.54) is 32.1 Å². The average molecular weight is 234 g/mol. The van der Waals surface area contributed by atoms with Crippen LogP contribution in [0.3, 0.4) is 0 Å². The van der Waals surface area contributed by atoms with Gasteiger partial charge in [-0.2, -0.15) is 5.26 Å². The van der Waals surface area contributed by atoms with E-state index in [1.54, 1.807) is 0 Å². The molecule has 2 rings (SSSR count). The van der Waals surface area contributed by atoms with Gasteiger partial charge in [-0.3, -0.25) is 4.90 Å². The van der Waals surface area contributed by atoms with Gasteiger partial charge in [-0.25, -0.2) is 0 Å². The third-order valence-corrected chi connectivity index (χ3v) is 4.98. The van der Waals surface area contributed by atoms with Crippen molar-refractivity contribution in [3.8, 4) is 6.07 Å². The van der Waals surface area contributed by atoms with E-state index in [0.717, 1.165) is 24.4 Å². The highest BCUT2D eigenvalue weighted by atomic mass is 15.2. The van der Waals surface area contributed by atoms with Crippen molar-refractivity contribution in [3.63, 3.8) is 0 Å². The molecule has 3 unspecified atom stereocenters. The summed E-state index contributed by atoms with van der Waals surface area (Å²) < 4.78 is 0.